The van der Waals surface area contributed by atoms with Crippen LogP contribution in [0.4, 0.5) is 0 Å². The normalized spacial score (nSPS) is 19.0. The van der Waals surface area contributed by atoms with Crippen LogP contribution in [0.3, 0.4) is 0 Å². The van der Waals surface area contributed by atoms with Crippen molar-refractivity contribution in [2.75, 3.05) is 26.4 Å². The number of hydrogen-bond donors (Lipinski definition) is 0. The zero-order chi connectivity index (χ0) is 18.0. The molecule has 1 fully saturated rings. The number of hydrogen-bond acceptors (Lipinski definition) is 7. The molecule has 0 N–H and O–H groups in total. The number of thiophene rings is 1. The maximum Gasteiger partial charge on any atom is 0.246 e. The molecule has 0 spiro atoms. The van der Waals surface area contributed by atoms with Crippen LogP contribution in [-0.4, -0.2) is 60.1 Å². The van der Waals surface area contributed by atoms with Crippen LogP contribution in [0.5, 0.6) is 0 Å². The lowest BCUT2D eigenvalue weighted by molar-refractivity contribution is -0.136. The molecule has 2 aromatic rings. The molecule has 0 bridgehead atoms. The SMILES string of the molecule is CN(Cc1nc(-c2cccs2)no1)C(=O)[C@H]1CCCN(S(C)(=O)=O)C1. The van der Waals surface area contributed by atoms with E-state index in [1.165, 1.54) is 26.8 Å². The fourth-order valence-corrected chi connectivity index (χ4v) is 4.42. The fraction of sp³-hybridized carbons (Fsp3) is 0.533. The lowest BCUT2D eigenvalue weighted by Crippen LogP contribution is -2.45. The summed E-state index contributed by atoms with van der Waals surface area (Å²) in [6.07, 6.45) is 2.54. The summed E-state index contributed by atoms with van der Waals surface area (Å²) in [6, 6.07) is 3.80. The van der Waals surface area contributed by atoms with Crippen molar-refractivity contribution in [3.63, 3.8) is 0 Å². The largest absolute Gasteiger partial charge is 0.337 e. The van der Waals surface area contributed by atoms with Gasteiger partial charge in [-0.15, -0.1) is 11.3 Å². The topological polar surface area (TPSA) is 96.6 Å². The number of carbonyl (C=O) groups excluding carboxylic acids is 1. The van der Waals surface area contributed by atoms with E-state index in [2.05, 4.69) is 10.1 Å². The molecule has 1 saturated heterocycles. The van der Waals surface area contributed by atoms with Crippen molar-refractivity contribution < 1.29 is 17.7 Å². The Morgan fingerprint density at radius 2 is 2.32 bits per heavy atom. The van der Waals surface area contributed by atoms with Crippen molar-refractivity contribution in [1.82, 2.24) is 19.3 Å². The Hall–Kier alpha value is -1.78. The van der Waals surface area contributed by atoms with Crippen LogP contribution < -0.4 is 0 Å². The molecule has 0 unspecified atom stereocenters. The molecule has 0 aromatic carbocycles. The summed E-state index contributed by atoms with van der Waals surface area (Å²) in [5, 5.41) is 5.85. The van der Waals surface area contributed by atoms with Crippen LogP contribution in [0.15, 0.2) is 22.0 Å². The maximum absolute atomic E-state index is 12.6. The van der Waals surface area contributed by atoms with Crippen LogP contribution in [0.2, 0.25) is 0 Å². The van der Waals surface area contributed by atoms with Crippen molar-refractivity contribution >= 4 is 27.3 Å². The Kier molecular flexibility index (Phi) is 5.21. The van der Waals surface area contributed by atoms with E-state index < -0.39 is 10.0 Å². The Balaban J connectivity index is 1.63. The first-order valence-corrected chi connectivity index (χ1v) is 10.6. The molecule has 0 aliphatic carbocycles. The van der Waals surface area contributed by atoms with Gasteiger partial charge in [0.15, 0.2) is 0 Å². The number of nitrogens with zero attached hydrogens (tertiary/aromatic N) is 4. The van der Waals surface area contributed by atoms with Crippen molar-refractivity contribution in [1.29, 1.82) is 0 Å². The van der Waals surface area contributed by atoms with Gasteiger partial charge in [-0.2, -0.15) is 4.98 Å². The second-order valence-corrected chi connectivity index (χ2v) is 9.07. The summed E-state index contributed by atoms with van der Waals surface area (Å²) in [4.78, 5) is 19.4. The zero-order valence-electron chi connectivity index (χ0n) is 14.1. The summed E-state index contributed by atoms with van der Waals surface area (Å²) in [5.41, 5.74) is 0. The Morgan fingerprint density at radius 1 is 1.52 bits per heavy atom. The van der Waals surface area contributed by atoms with Gasteiger partial charge < -0.3 is 9.42 Å². The van der Waals surface area contributed by atoms with Gasteiger partial charge in [0.1, 0.15) is 0 Å². The summed E-state index contributed by atoms with van der Waals surface area (Å²) < 4.78 is 30.0. The van der Waals surface area contributed by atoms with E-state index in [1.54, 1.807) is 7.05 Å². The minimum Gasteiger partial charge on any atom is -0.337 e. The van der Waals surface area contributed by atoms with Gasteiger partial charge in [-0.05, 0) is 24.3 Å². The molecule has 8 nitrogen and oxygen atoms in total. The summed E-state index contributed by atoms with van der Waals surface area (Å²) in [5.74, 6) is 0.416. The lowest BCUT2D eigenvalue weighted by Gasteiger charge is -2.32. The van der Waals surface area contributed by atoms with Crippen LogP contribution in [-0.2, 0) is 21.4 Å². The van der Waals surface area contributed by atoms with Crippen LogP contribution >= 0.6 is 11.3 Å². The fourth-order valence-electron chi connectivity index (χ4n) is 2.86. The second kappa shape index (κ2) is 7.22. The van der Waals surface area contributed by atoms with Crippen LogP contribution in [0.25, 0.3) is 10.7 Å². The summed E-state index contributed by atoms with van der Waals surface area (Å²) in [6.45, 7) is 0.902. The van der Waals surface area contributed by atoms with Gasteiger partial charge in [0.25, 0.3) is 0 Å². The Morgan fingerprint density at radius 3 is 3.00 bits per heavy atom. The van der Waals surface area contributed by atoms with Gasteiger partial charge in [0.05, 0.1) is 23.6 Å². The zero-order valence-corrected chi connectivity index (χ0v) is 15.7. The minimum atomic E-state index is -3.28. The average Bonchev–Trinajstić information content (AvgIpc) is 3.24. The molecule has 0 radical (unpaired) electrons. The predicted molar refractivity (Wildman–Crippen MR) is 93.2 cm³/mol. The third-order valence-electron chi connectivity index (χ3n) is 4.16. The van der Waals surface area contributed by atoms with Gasteiger partial charge >= 0.3 is 0 Å². The Labute approximate surface area is 150 Å². The van der Waals surface area contributed by atoms with Gasteiger partial charge in [0, 0.05) is 20.1 Å². The first kappa shape index (κ1) is 18.0. The maximum atomic E-state index is 12.6. The first-order valence-electron chi connectivity index (χ1n) is 7.91. The molecule has 2 aromatic heterocycles. The number of amides is 1. The Bertz CT molecular complexity index is 832. The highest BCUT2D eigenvalue weighted by atomic mass is 32.2. The van der Waals surface area contributed by atoms with Crippen molar-refractivity contribution in [2.24, 2.45) is 5.92 Å². The van der Waals surface area contributed by atoms with E-state index >= 15 is 0 Å². The molecule has 3 rings (SSSR count). The molecule has 1 aliphatic rings. The predicted octanol–water partition coefficient (Wildman–Crippen LogP) is 1.43. The molecular weight excluding hydrogens is 364 g/mol. The molecule has 0 saturated carbocycles. The van der Waals surface area contributed by atoms with Crippen LogP contribution in [0, 0.1) is 5.92 Å². The number of rotatable bonds is 5. The van der Waals surface area contributed by atoms with Gasteiger partial charge in [-0.25, -0.2) is 12.7 Å². The van der Waals surface area contributed by atoms with Crippen LogP contribution in [0.1, 0.15) is 18.7 Å². The molecule has 1 atom stereocenters. The first-order chi connectivity index (χ1) is 11.8. The van der Waals surface area contributed by atoms with E-state index in [0.29, 0.717) is 31.1 Å². The highest BCUT2D eigenvalue weighted by Crippen LogP contribution is 2.23. The van der Waals surface area contributed by atoms with Gasteiger partial charge in [0.2, 0.25) is 27.6 Å². The standard InChI is InChI=1S/C15H20N4O4S2/c1-18(10-13-16-14(17-23-13)12-6-4-8-24-12)15(20)11-5-3-7-19(9-11)25(2,21)22/h4,6,8,11H,3,5,7,9-10H2,1-2H3/t11-/m0/s1. The van der Waals surface area contributed by atoms with E-state index in [1.807, 2.05) is 17.5 Å². The average molecular weight is 384 g/mol. The van der Waals surface area contributed by atoms with Crippen molar-refractivity contribution in [2.45, 2.75) is 19.4 Å². The van der Waals surface area contributed by atoms with E-state index in [9.17, 15) is 13.2 Å². The highest BCUT2D eigenvalue weighted by Gasteiger charge is 2.32. The number of carbonyl (C=O) groups is 1. The quantitative estimate of drug-likeness (QED) is 0.774. The molecule has 3 heterocycles. The third kappa shape index (κ3) is 4.25. The van der Waals surface area contributed by atoms with E-state index in [0.717, 1.165) is 4.88 Å². The number of aromatic nitrogens is 2. The molecule has 1 amide bonds. The monoisotopic (exact) mass is 384 g/mol. The molecule has 25 heavy (non-hydrogen) atoms. The highest BCUT2D eigenvalue weighted by molar-refractivity contribution is 7.88. The van der Waals surface area contributed by atoms with Gasteiger partial charge in [-0.1, -0.05) is 11.2 Å². The number of piperidine rings is 1. The summed E-state index contributed by atoms with van der Waals surface area (Å²) >= 11 is 1.51. The van der Waals surface area contributed by atoms with Gasteiger partial charge in [-0.3, -0.25) is 4.79 Å². The molecule has 10 heteroatoms. The van der Waals surface area contributed by atoms with E-state index in [4.69, 9.17) is 4.52 Å². The lowest BCUT2D eigenvalue weighted by atomic mass is 9.98. The summed E-state index contributed by atoms with van der Waals surface area (Å²) in [7, 11) is -1.61. The smallest absolute Gasteiger partial charge is 0.246 e. The minimum absolute atomic E-state index is 0.107. The third-order valence-corrected chi connectivity index (χ3v) is 6.30. The number of sulfonamides is 1. The van der Waals surface area contributed by atoms with Crippen molar-refractivity contribution in [3.05, 3.63) is 23.4 Å². The molecular formula is C15H20N4O4S2. The van der Waals surface area contributed by atoms with E-state index in [-0.39, 0.29) is 24.9 Å². The van der Waals surface area contributed by atoms with Crippen molar-refractivity contribution in [3.8, 4) is 10.7 Å². The second-order valence-electron chi connectivity index (χ2n) is 6.14. The molecule has 136 valence electrons. The molecule has 1 aliphatic heterocycles.